The molecule has 0 heterocycles. The fourth-order valence-corrected chi connectivity index (χ4v) is 6.51. The highest BCUT2D eigenvalue weighted by atomic mass is 16.5. The summed E-state index contributed by atoms with van der Waals surface area (Å²) in [7, 11) is 0. The number of carbonyl (C=O) groups excluding carboxylic acids is 3. The largest absolute Gasteiger partial charge is 0.462 e. The number of carbonyl (C=O) groups is 3. The lowest BCUT2D eigenvalue weighted by Crippen LogP contribution is -2.61. The normalized spacial score (nSPS) is 33.5. The molecule has 0 aromatic carbocycles. The van der Waals surface area contributed by atoms with Crippen molar-refractivity contribution in [1.29, 1.82) is 0 Å². The molecule has 6 heteroatoms. The van der Waals surface area contributed by atoms with Gasteiger partial charge < -0.3 is 14.2 Å². The minimum Gasteiger partial charge on any atom is -0.462 e. The summed E-state index contributed by atoms with van der Waals surface area (Å²) in [6.45, 7) is 15.0. The van der Waals surface area contributed by atoms with Gasteiger partial charge in [0.2, 0.25) is 0 Å². The molecule has 2 unspecified atom stereocenters. The Labute approximate surface area is 178 Å². The lowest BCUT2D eigenvalue weighted by atomic mass is 9.40. The molecule has 0 saturated heterocycles. The molecule has 30 heavy (non-hydrogen) atoms. The van der Waals surface area contributed by atoms with Crippen LogP contribution in [0.5, 0.6) is 0 Å². The van der Waals surface area contributed by atoms with Crippen LogP contribution in [0.4, 0.5) is 0 Å². The lowest BCUT2D eigenvalue weighted by molar-refractivity contribution is -0.210. The first-order valence-corrected chi connectivity index (χ1v) is 10.5. The Morgan fingerprint density at radius 3 is 1.50 bits per heavy atom. The predicted octanol–water partition coefficient (Wildman–Crippen LogP) is 3.91. The third-order valence-corrected chi connectivity index (χ3v) is 6.82. The molecule has 0 amide bonds. The molecule has 2 atom stereocenters. The summed E-state index contributed by atoms with van der Waals surface area (Å²) in [6, 6.07) is 0. The van der Waals surface area contributed by atoms with E-state index in [4.69, 9.17) is 14.2 Å². The van der Waals surface area contributed by atoms with Crippen molar-refractivity contribution in [1.82, 2.24) is 0 Å². The topological polar surface area (TPSA) is 78.9 Å². The standard InChI is InChI=1S/C24H32O6/c1-6-19(25)28-13-22-7-18-8-23(10-22,14-29-20(26)16(2)3)12-24(9-18,11-22)15-30-21(27)17(4)5/h6,18H,1-2,4,7-15H2,3,5H3. The van der Waals surface area contributed by atoms with Crippen molar-refractivity contribution >= 4 is 17.9 Å². The summed E-state index contributed by atoms with van der Waals surface area (Å²) in [5.41, 5.74) is 0.129. The van der Waals surface area contributed by atoms with Crippen molar-refractivity contribution in [2.45, 2.75) is 52.4 Å². The average molecular weight is 417 g/mol. The quantitative estimate of drug-likeness (QED) is 0.322. The van der Waals surface area contributed by atoms with Gasteiger partial charge in [0, 0.05) is 33.5 Å². The maximum Gasteiger partial charge on any atom is 0.333 e. The Balaban J connectivity index is 1.84. The van der Waals surface area contributed by atoms with Crippen LogP contribution in [0.2, 0.25) is 0 Å². The van der Waals surface area contributed by atoms with Gasteiger partial charge in [0.25, 0.3) is 0 Å². The molecular formula is C24H32O6. The minimum absolute atomic E-state index is 0.205. The van der Waals surface area contributed by atoms with Crippen molar-refractivity contribution in [3.63, 3.8) is 0 Å². The average Bonchev–Trinajstić information content (AvgIpc) is 2.67. The van der Waals surface area contributed by atoms with E-state index < -0.39 is 5.97 Å². The monoisotopic (exact) mass is 416 g/mol. The molecule has 0 spiro atoms. The van der Waals surface area contributed by atoms with Crippen LogP contribution in [0.1, 0.15) is 52.4 Å². The maximum atomic E-state index is 12.1. The summed E-state index contributed by atoms with van der Waals surface area (Å²) in [6.07, 6.45) is 6.52. The second-order valence-electron chi connectivity index (χ2n) is 10.0. The third kappa shape index (κ3) is 4.52. The van der Waals surface area contributed by atoms with Crippen molar-refractivity contribution in [3.05, 3.63) is 37.0 Å². The van der Waals surface area contributed by atoms with Gasteiger partial charge in [-0.2, -0.15) is 0 Å². The van der Waals surface area contributed by atoms with E-state index in [1.165, 1.54) is 6.08 Å². The number of rotatable bonds is 9. The minimum atomic E-state index is -0.434. The molecule has 4 saturated carbocycles. The van der Waals surface area contributed by atoms with Crippen molar-refractivity contribution in [2.75, 3.05) is 19.8 Å². The molecular weight excluding hydrogens is 384 g/mol. The summed E-state index contributed by atoms with van der Waals surface area (Å²) in [4.78, 5) is 35.9. The van der Waals surface area contributed by atoms with E-state index in [2.05, 4.69) is 19.7 Å². The van der Waals surface area contributed by atoms with Crippen LogP contribution in [0, 0.1) is 22.2 Å². The molecule has 164 valence electrons. The van der Waals surface area contributed by atoms with Crippen LogP contribution in [-0.4, -0.2) is 37.7 Å². The van der Waals surface area contributed by atoms with Gasteiger partial charge in [-0.3, -0.25) is 0 Å². The van der Waals surface area contributed by atoms with Crippen LogP contribution < -0.4 is 0 Å². The molecule has 0 aromatic rings. The second-order valence-corrected chi connectivity index (χ2v) is 10.0. The third-order valence-electron chi connectivity index (χ3n) is 6.82. The first kappa shape index (κ1) is 22.3. The zero-order valence-corrected chi connectivity index (χ0v) is 18.1. The van der Waals surface area contributed by atoms with E-state index in [0.29, 0.717) is 36.9 Å². The van der Waals surface area contributed by atoms with Gasteiger partial charge in [-0.15, -0.1) is 0 Å². The van der Waals surface area contributed by atoms with Gasteiger partial charge in [-0.1, -0.05) is 19.7 Å². The number of esters is 3. The molecule has 4 aliphatic carbocycles. The van der Waals surface area contributed by atoms with Gasteiger partial charge in [0.1, 0.15) is 0 Å². The van der Waals surface area contributed by atoms with Crippen LogP contribution >= 0.6 is 0 Å². The number of hydrogen-bond donors (Lipinski definition) is 0. The highest BCUT2D eigenvalue weighted by Gasteiger charge is 2.64. The van der Waals surface area contributed by atoms with Gasteiger partial charge in [-0.05, 0) is 58.3 Å². The van der Waals surface area contributed by atoms with Gasteiger partial charge in [-0.25, -0.2) is 14.4 Å². The highest BCUT2D eigenvalue weighted by Crippen LogP contribution is 2.70. The highest BCUT2D eigenvalue weighted by molar-refractivity contribution is 5.87. The first-order valence-electron chi connectivity index (χ1n) is 10.5. The summed E-state index contributed by atoms with van der Waals surface area (Å²) in [5.74, 6) is -0.798. The van der Waals surface area contributed by atoms with E-state index in [-0.39, 0.29) is 28.2 Å². The number of hydrogen-bond acceptors (Lipinski definition) is 6. The lowest BCUT2D eigenvalue weighted by Gasteiger charge is -2.66. The van der Waals surface area contributed by atoms with Crippen LogP contribution in [0.25, 0.3) is 0 Å². The Kier molecular flexibility index (Phi) is 5.99. The van der Waals surface area contributed by atoms with E-state index in [1.54, 1.807) is 13.8 Å². The van der Waals surface area contributed by atoms with Crippen molar-refractivity contribution < 1.29 is 28.6 Å². The van der Waals surface area contributed by atoms with E-state index >= 15 is 0 Å². The van der Waals surface area contributed by atoms with Crippen LogP contribution in [-0.2, 0) is 28.6 Å². The van der Waals surface area contributed by atoms with Crippen LogP contribution in [0.3, 0.4) is 0 Å². The predicted molar refractivity (Wildman–Crippen MR) is 111 cm³/mol. The van der Waals surface area contributed by atoms with E-state index in [0.717, 1.165) is 38.5 Å². The van der Waals surface area contributed by atoms with Gasteiger partial charge in [0.15, 0.2) is 0 Å². The van der Waals surface area contributed by atoms with E-state index in [1.807, 2.05) is 0 Å². The van der Waals surface area contributed by atoms with E-state index in [9.17, 15) is 14.4 Å². The molecule has 4 aliphatic rings. The number of ether oxygens (including phenoxy) is 3. The Morgan fingerprint density at radius 2 is 1.17 bits per heavy atom. The zero-order chi connectivity index (χ0) is 22.2. The Morgan fingerprint density at radius 1 is 0.800 bits per heavy atom. The smallest absolute Gasteiger partial charge is 0.333 e. The zero-order valence-electron chi connectivity index (χ0n) is 18.1. The second kappa shape index (κ2) is 8.05. The fraction of sp³-hybridized carbons (Fsp3) is 0.625. The molecule has 4 fully saturated rings. The van der Waals surface area contributed by atoms with Crippen molar-refractivity contribution in [2.24, 2.45) is 22.2 Å². The molecule has 4 rings (SSSR count). The molecule has 0 aliphatic heterocycles. The fourth-order valence-electron chi connectivity index (χ4n) is 6.51. The maximum absolute atomic E-state index is 12.1. The molecule has 0 N–H and O–H groups in total. The van der Waals surface area contributed by atoms with Gasteiger partial charge in [0.05, 0.1) is 19.8 Å². The van der Waals surface area contributed by atoms with Crippen molar-refractivity contribution in [3.8, 4) is 0 Å². The summed E-state index contributed by atoms with van der Waals surface area (Å²) in [5, 5.41) is 0. The molecule has 4 bridgehead atoms. The molecule has 6 nitrogen and oxygen atoms in total. The summed E-state index contributed by atoms with van der Waals surface area (Å²) >= 11 is 0. The Hall–Kier alpha value is -2.37. The SMILES string of the molecule is C=CC(=O)OCC12CC3CC(COC(=O)C(=C)C)(C1)CC(COC(=O)C(=C)C)(C3)C2. The molecule has 0 aromatic heterocycles. The van der Waals surface area contributed by atoms with Crippen LogP contribution in [0.15, 0.2) is 37.0 Å². The molecule has 0 radical (unpaired) electrons. The van der Waals surface area contributed by atoms with Gasteiger partial charge >= 0.3 is 17.9 Å². The Bertz CT molecular complexity index is 748. The summed E-state index contributed by atoms with van der Waals surface area (Å²) < 4.78 is 16.7. The first-order chi connectivity index (χ1) is 14.0.